The van der Waals surface area contributed by atoms with Crippen LogP contribution in [0, 0.1) is 5.82 Å². The first-order valence-corrected chi connectivity index (χ1v) is 10.0. The zero-order valence-electron chi connectivity index (χ0n) is 17.4. The molecule has 0 aliphatic carbocycles. The van der Waals surface area contributed by atoms with E-state index in [4.69, 9.17) is 5.73 Å². The molecule has 168 valence electrons. The van der Waals surface area contributed by atoms with Gasteiger partial charge in [-0.15, -0.1) is 0 Å². The lowest BCUT2D eigenvalue weighted by atomic mass is 9.92. The summed E-state index contributed by atoms with van der Waals surface area (Å²) in [5.74, 6) is -3.37. The summed E-state index contributed by atoms with van der Waals surface area (Å²) < 4.78 is 14.9. The highest BCUT2D eigenvalue weighted by Crippen LogP contribution is 2.29. The number of aliphatic carboxylic acids is 1. The Bertz CT molecular complexity index is 1410. The molecule has 0 fully saturated rings. The van der Waals surface area contributed by atoms with Crippen LogP contribution < -0.4 is 16.6 Å². The summed E-state index contributed by atoms with van der Waals surface area (Å²) in [4.78, 5) is 46.0. The minimum absolute atomic E-state index is 0.0230. The van der Waals surface area contributed by atoms with Crippen molar-refractivity contribution in [3.63, 3.8) is 0 Å². The Morgan fingerprint density at radius 3 is 2.55 bits per heavy atom. The third-order valence-electron chi connectivity index (χ3n) is 5.45. The lowest BCUT2D eigenvalue weighted by Gasteiger charge is -2.16. The standard InChI is InChI=1S/C23H20FN5O4/c1-11(15-10-26-19-17(15)21(31)29-23(25)28-19)13-7-8-14(16(24)9-13)20(30)27-18(22(32)33)12-5-3-2-4-6-12/h2-11,18H,1H3,(H,27,30)(H,32,33)(H4,25,26,28,29,31). The molecule has 2 atom stereocenters. The van der Waals surface area contributed by atoms with Crippen molar-refractivity contribution in [3.8, 4) is 0 Å². The third kappa shape index (κ3) is 4.18. The summed E-state index contributed by atoms with van der Waals surface area (Å²) >= 11 is 0. The van der Waals surface area contributed by atoms with Crippen LogP contribution >= 0.6 is 0 Å². The molecule has 0 spiro atoms. The van der Waals surface area contributed by atoms with Crippen molar-refractivity contribution in [2.75, 3.05) is 5.73 Å². The summed E-state index contributed by atoms with van der Waals surface area (Å²) in [6.07, 6.45) is 1.60. The van der Waals surface area contributed by atoms with E-state index in [1.54, 1.807) is 49.5 Å². The second-order valence-corrected chi connectivity index (χ2v) is 7.54. The minimum atomic E-state index is -1.32. The maximum atomic E-state index is 14.9. The van der Waals surface area contributed by atoms with Crippen LogP contribution in [0.2, 0.25) is 0 Å². The number of carboxylic acid groups (broad SMARTS) is 1. The van der Waals surface area contributed by atoms with Crippen LogP contribution in [0.3, 0.4) is 0 Å². The Kier molecular flexibility index (Phi) is 5.65. The van der Waals surface area contributed by atoms with Crippen LogP contribution in [0.15, 0.2) is 59.5 Å². The number of nitrogen functional groups attached to an aromatic ring is 1. The van der Waals surface area contributed by atoms with Gasteiger partial charge in [-0.25, -0.2) is 9.18 Å². The normalized spacial score (nSPS) is 12.9. The molecule has 4 rings (SSSR count). The predicted octanol–water partition coefficient (Wildman–Crippen LogP) is 2.68. The number of aromatic amines is 2. The molecule has 0 aliphatic rings. The van der Waals surface area contributed by atoms with Gasteiger partial charge in [-0.3, -0.25) is 14.6 Å². The second kappa shape index (κ2) is 8.58. The second-order valence-electron chi connectivity index (χ2n) is 7.54. The molecule has 0 saturated heterocycles. The number of carbonyl (C=O) groups is 2. The number of rotatable bonds is 6. The Hall–Kier alpha value is -4.47. The van der Waals surface area contributed by atoms with Gasteiger partial charge in [-0.1, -0.05) is 43.3 Å². The molecule has 9 nitrogen and oxygen atoms in total. The molecule has 0 radical (unpaired) electrons. The monoisotopic (exact) mass is 449 g/mol. The van der Waals surface area contributed by atoms with E-state index < -0.39 is 35.2 Å². The van der Waals surface area contributed by atoms with Gasteiger partial charge in [0.15, 0.2) is 6.04 Å². The quantitative estimate of drug-likeness (QED) is 0.305. The molecule has 2 unspecified atom stereocenters. The summed E-state index contributed by atoms with van der Waals surface area (Å²) in [6, 6.07) is 10.8. The third-order valence-corrected chi connectivity index (χ3v) is 5.45. The molecule has 0 aliphatic heterocycles. The fourth-order valence-electron chi connectivity index (χ4n) is 3.73. The molecule has 4 aromatic rings. The number of hydrogen-bond acceptors (Lipinski definition) is 5. The first-order valence-electron chi connectivity index (χ1n) is 10.0. The predicted molar refractivity (Wildman–Crippen MR) is 119 cm³/mol. The van der Waals surface area contributed by atoms with E-state index in [1.165, 1.54) is 12.1 Å². The average molecular weight is 449 g/mol. The molecule has 6 N–H and O–H groups in total. The van der Waals surface area contributed by atoms with Crippen molar-refractivity contribution in [2.45, 2.75) is 18.9 Å². The van der Waals surface area contributed by atoms with E-state index in [0.29, 0.717) is 27.7 Å². The molecule has 2 heterocycles. The van der Waals surface area contributed by atoms with E-state index >= 15 is 0 Å². The molecule has 2 aromatic heterocycles. The van der Waals surface area contributed by atoms with E-state index in [2.05, 4.69) is 20.3 Å². The van der Waals surface area contributed by atoms with Crippen LogP contribution in [0.5, 0.6) is 0 Å². The van der Waals surface area contributed by atoms with Crippen LogP contribution in [0.25, 0.3) is 11.0 Å². The number of hydrogen-bond donors (Lipinski definition) is 5. The van der Waals surface area contributed by atoms with Crippen molar-refractivity contribution >= 4 is 28.9 Å². The number of benzene rings is 2. The smallest absolute Gasteiger partial charge is 0.330 e. The van der Waals surface area contributed by atoms with Gasteiger partial charge in [0.2, 0.25) is 5.95 Å². The molecule has 1 amide bonds. The Labute approximate surface area is 186 Å². The van der Waals surface area contributed by atoms with Crippen molar-refractivity contribution in [2.24, 2.45) is 0 Å². The van der Waals surface area contributed by atoms with E-state index in [0.717, 1.165) is 0 Å². The van der Waals surface area contributed by atoms with Crippen molar-refractivity contribution in [1.29, 1.82) is 0 Å². The van der Waals surface area contributed by atoms with Gasteiger partial charge in [-0.2, -0.15) is 4.98 Å². The average Bonchev–Trinajstić information content (AvgIpc) is 3.21. The van der Waals surface area contributed by atoms with Crippen LogP contribution in [-0.4, -0.2) is 31.9 Å². The number of aromatic nitrogens is 3. The zero-order valence-corrected chi connectivity index (χ0v) is 17.4. The maximum absolute atomic E-state index is 14.9. The van der Waals surface area contributed by atoms with Gasteiger partial charge in [-0.05, 0) is 28.8 Å². The number of anilines is 1. The van der Waals surface area contributed by atoms with Gasteiger partial charge < -0.3 is 21.1 Å². The Morgan fingerprint density at radius 1 is 1.15 bits per heavy atom. The SMILES string of the molecule is CC(c1ccc(C(=O)NC(C(=O)O)c2ccccc2)c(F)c1)c1c[nH]c2nc(N)[nH]c(=O)c12. The zero-order chi connectivity index (χ0) is 23.7. The summed E-state index contributed by atoms with van der Waals surface area (Å²) in [6.45, 7) is 1.78. The van der Waals surface area contributed by atoms with Crippen LogP contribution in [0.1, 0.15) is 45.9 Å². The fourth-order valence-corrected chi connectivity index (χ4v) is 3.73. The number of nitrogens with zero attached hydrogens (tertiary/aromatic N) is 1. The lowest BCUT2D eigenvalue weighted by Crippen LogP contribution is -2.34. The fraction of sp³-hybridized carbons (Fsp3) is 0.130. The number of nitrogens with two attached hydrogens (primary N) is 1. The number of amides is 1. The van der Waals surface area contributed by atoms with E-state index in [1.807, 2.05) is 0 Å². The lowest BCUT2D eigenvalue weighted by molar-refractivity contribution is -0.139. The number of carbonyl (C=O) groups excluding carboxylic acids is 1. The van der Waals surface area contributed by atoms with Crippen molar-refractivity contribution in [3.05, 3.63) is 93.2 Å². The Balaban J connectivity index is 1.61. The van der Waals surface area contributed by atoms with Crippen molar-refractivity contribution in [1.82, 2.24) is 20.3 Å². The minimum Gasteiger partial charge on any atom is -0.479 e. The maximum Gasteiger partial charge on any atom is 0.330 e. The molecular weight excluding hydrogens is 429 g/mol. The van der Waals surface area contributed by atoms with Gasteiger partial charge in [0.1, 0.15) is 11.5 Å². The first-order chi connectivity index (χ1) is 15.8. The highest BCUT2D eigenvalue weighted by atomic mass is 19.1. The highest BCUT2D eigenvalue weighted by Gasteiger charge is 2.25. The van der Waals surface area contributed by atoms with Crippen LogP contribution in [0.4, 0.5) is 10.3 Å². The summed E-state index contributed by atoms with van der Waals surface area (Å²) in [5.41, 5.74) is 6.63. The molecule has 0 bridgehead atoms. The number of fused-ring (bicyclic) bond motifs is 1. The summed E-state index contributed by atoms with van der Waals surface area (Å²) in [7, 11) is 0. The molecule has 33 heavy (non-hydrogen) atoms. The van der Waals surface area contributed by atoms with Gasteiger partial charge in [0.05, 0.1) is 10.9 Å². The highest BCUT2D eigenvalue weighted by molar-refractivity contribution is 5.97. The largest absolute Gasteiger partial charge is 0.479 e. The van der Waals surface area contributed by atoms with Crippen molar-refractivity contribution < 1.29 is 19.1 Å². The van der Waals surface area contributed by atoms with Crippen LogP contribution in [-0.2, 0) is 4.79 Å². The topological polar surface area (TPSA) is 154 Å². The Morgan fingerprint density at radius 2 is 1.88 bits per heavy atom. The number of H-pyrrole nitrogens is 2. The molecule has 2 aromatic carbocycles. The van der Waals surface area contributed by atoms with E-state index in [9.17, 15) is 23.9 Å². The molecule has 10 heteroatoms. The molecular formula is C23H20FN5O4. The van der Waals surface area contributed by atoms with Gasteiger partial charge in [0.25, 0.3) is 11.5 Å². The van der Waals surface area contributed by atoms with E-state index in [-0.39, 0.29) is 11.5 Å². The first kappa shape index (κ1) is 21.8. The number of carboxylic acids is 1. The number of nitrogens with one attached hydrogen (secondary N) is 3. The summed E-state index contributed by atoms with van der Waals surface area (Å²) in [5, 5.41) is 12.2. The van der Waals surface area contributed by atoms with Gasteiger partial charge >= 0.3 is 5.97 Å². The van der Waals surface area contributed by atoms with Gasteiger partial charge in [0, 0.05) is 12.1 Å². The number of halogens is 1. The molecule has 0 saturated carbocycles.